The summed E-state index contributed by atoms with van der Waals surface area (Å²) >= 11 is 0. The Balaban J connectivity index is 1.83. The van der Waals surface area contributed by atoms with Gasteiger partial charge in [0.25, 0.3) is 0 Å². The number of nitrogens with zero attached hydrogens (tertiary/aromatic N) is 3. The molecule has 1 aromatic heterocycles. The maximum Gasteiger partial charge on any atom is 0.331 e. The van der Waals surface area contributed by atoms with Gasteiger partial charge in [-0.15, -0.1) is 15.0 Å². The highest BCUT2D eigenvalue weighted by molar-refractivity contribution is 5.63. The molecule has 0 N–H and O–H groups in total. The van der Waals surface area contributed by atoms with Crippen LogP contribution in [-0.2, 0) is 19.3 Å². The zero-order chi connectivity index (χ0) is 32.5. The van der Waals surface area contributed by atoms with E-state index in [1.807, 2.05) is 18.2 Å². The van der Waals surface area contributed by atoms with Crippen LogP contribution in [0.2, 0.25) is 0 Å². The Morgan fingerprint density at radius 2 is 0.733 bits per heavy atom. The fourth-order valence-corrected chi connectivity index (χ4v) is 4.76. The molecule has 0 bridgehead atoms. The van der Waals surface area contributed by atoms with E-state index in [2.05, 4.69) is 132 Å². The lowest BCUT2D eigenvalue weighted by molar-refractivity contribution is 0.361. The number of hydrogen-bond donors (Lipinski definition) is 0. The van der Waals surface area contributed by atoms with E-state index in [9.17, 15) is 0 Å². The molecule has 4 aromatic rings. The second kappa shape index (κ2) is 15.3. The third-order valence-electron chi connectivity index (χ3n) is 6.96. The van der Waals surface area contributed by atoms with Gasteiger partial charge in [0.15, 0.2) is 0 Å². The Labute approximate surface area is 268 Å². The van der Waals surface area contributed by atoms with Crippen molar-refractivity contribution >= 4 is 18.2 Å². The lowest BCUT2D eigenvalue weighted by Crippen LogP contribution is -2.03. The molecule has 0 aliphatic heterocycles. The van der Waals surface area contributed by atoms with E-state index >= 15 is 0 Å². The Morgan fingerprint density at radius 3 is 0.956 bits per heavy atom. The highest BCUT2D eigenvalue weighted by Gasteiger charge is 2.17. The first-order valence-corrected chi connectivity index (χ1v) is 15.7. The van der Waals surface area contributed by atoms with E-state index in [-0.39, 0.29) is 18.0 Å². The molecule has 0 spiro atoms. The average Bonchev–Trinajstić information content (AvgIpc) is 2.99. The fraction of sp³-hybridized carbons (Fsp3) is 0.308. The van der Waals surface area contributed by atoms with Crippen LogP contribution in [0.3, 0.4) is 0 Å². The van der Waals surface area contributed by atoms with Crippen molar-refractivity contribution in [2.75, 3.05) is 0 Å². The third kappa shape index (κ3) is 9.39. The number of aryl methyl sites for hydroxylation is 3. The van der Waals surface area contributed by atoms with Gasteiger partial charge in [-0.25, -0.2) is 0 Å². The first-order chi connectivity index (χ1) is 21.6. The van der Waals surface area contributed by atoms with Gasteiger partial charge in [0.05, 0.1) is 0 Å². The van der Waals surface area contributed by atoms with Gasteiger partial charge < -0.3 is 14.2 Å². The van der Waals surface area contributed by atoms with E-state index < -0.39 is 0 Å². The normalized spacial score (nSPS) is 10.6. The zero-order valence-corrected chi connectivity index (χ0v) is 28.1. The summed E-state index contributed by atoms with van der Waals surface area (Å²) in [6, 6.07) is 18.6. The van der Waals surface area contributed by atoms with Crippen LogP contribution in [-0.4, -0.2) is 15.0 Å². The summed E-state index contributed by atoms with van der Waals surface area (Å²) in [5.41, 5.74) is 9.93. The number of hydrogen-bond acceptors (Lipinski definition) is 6. The van der Waals surface area contributed by atoms with Crippen LogP contribution in [0.5, 0.6) is 35.3 Å². The Bertz CT molecular complexity index is 1520. The summed E-state index contributed by atoms with van der Waals surface area (Å²) in [5.74, 6) is 1.89. The molecule has 0 saturated carbocycles. The van der Waals surface area contributed by atoms with Crippen LogP contribution in [0.15, 0.2) is 71.3 Å². The Kier molecular flexibility index (Phi) is 11.3. The molecule has 6 nitrogen and oxygen atoms in total. The molecule has 6 heteroatoms. The zero-order valence-electron chi connectivity index (χ0n) is 28.1. The molecule has 0 unspecified atom stereocenters. The fourth-order valence-electron chi connectivity index (χ4n) is 4.76. The van der Waals surface area contributed by atoms with Gasteiger partial charge in [0.1, 0.15) is 17.2 Å². The monoisotopic (exact) mass is 603 g/mol. The van der Waals surface area contributed by atoms with E-state index in [0.717, 1.165) is 52.7 Å². The number of rotatable bonds is 12. The average molecular weight is 604 g/mol. The van der Waals surface area contributed by atoms with Gasteiger partial charge in [0.2, 0.25) is 0 Å². The van der Waals surface area contributed by atoms with Crippen molar-refractivity contribution < 1.29 is 14.2 Å². The highest BCUT2D eigenvalue weighted by atomic mass is 16.5. The van der Waals surface area contributed by atoms with Crippen LogP contribution in [0, 0.1) is 0 Å². The van der Waals surface area contributed by atoms with Gasteiger partial charge in [-0.3, -0.25) is 0 Å². The minimum Gasteiger partial charge on any atom is -0.423 e. The second-order valence-electron chi connectivity index (χ2n) is 11.8. The van der Waals surface area contributed by atoms with Crippen molar-refractivity contribution in [2.45, 2.75) is 81.6 Å². The molecule has 4 rings (SSSR count). The SMILES string of the molecule is CCc1ccc(Oc2nc(Oc3ccc(CC)cc3C=C(C)C)nc(Oc3ccc(CC)cc3C=C(C)C)n2)c(C=C(C)C)c1. The molecule has 0 amide bonds. The van der Waals surface area contributed by atoms with E-state index in [0.29, 0.717) is 17.2 Å². The minimum absolute atomic E-state index is 0.0746. The molecule has 3 aromatic carbocycles. The number of ether oxygens (including phenoxy) is 3. The molecule has 1 heterocycles. The lowest BCUT2D eigenvalue weighted by Gasteiger charge is -2.14. The van der Waals surface area contributed by atoms with E-state index in [4.69, 9.17) is 14.2 Å². The summed E-state index contributed by atoms with van der Waals surface area (Å²) in [4.78, 5) is 13.8. The number of benzene rings is 3. The number of aromatic nitrogens is 3. The van der Waals surface area contributed by atoms with Crippen molar-refractivity contribution in [2.24, 2.45) is 0 Å². The molecule has 0 radical (unpaired) electrons. The van der Waals surface area contributed by atoms with Crippen LogP contribution >= 0.6 is 0 Å². The van der Waals surface area contributed by atoms with Crippen LogP contribution in [0.1, 0.15) is 95.7 Å². The quantitative estimate of drug-likeness (QED) is 0.160. The molecule has 0 atom stereocenters. The molecule has 0 aliphatic carbocycles. The summed E-state index contributed by atoms with van der Waals surface area (Å²) in [6.45, 7) is 18.8. The maximum atomic E-state index is 6.34. The predicted octanol–water partition coefficient (Wildman–Crippen LogP) is 11.2. The van der Waals surface area contributed by atoms with Crippen LogP contribution in [0.25, 0.3) is 18.2 Å². The largest absolute Gasteiger partial charge is 0.423 e. The van der Waals surface area contributed by atoms with Crippen molar-refractivity contribution in [3.05, 3.63) is 105 Å². The molecule has 234 valence electrons. The van der Waals surface area contributed by atoms with Crippen molar-refractivity contribution in [3.63, 3.8) is 0 Å². The topological polar surface area (TPSA) is 66.4 Å². The molecule has 0 aliphatic rings. The smallest absolute Gasteiger partial charge is 0.331 e. The summed E-state index contributed by atoms with van der Waals surface area (Å²) in [5, 5.41) is 0. The first kappa shape index (κ1) is 33.2. The van der Waals surface area contributed by atoms with Gasteiger partial charge in [-0.1, -0.05) is 73.9 Å². The second-order valence-corrected chi connectivity index (χ2v) is 11.8. The van der Waals surface area contributed by atoms with Crippen LogP contribution < -0.4 is 14.2 Å². The Morgan fingerprint density at radius 1 is 0.467 bits per heavy atom. The van der Waals surface area contributed by atoms with Crippen molar-refractivity contribution in [3.8, 4) is 35.3 Å². The Hall–Kier alpha value is -4.71. The molecule has 0 saturated heterocycles. The predicted molar refractivity (Wildman–Crippen MR) is 185 cm³/mol. The van der Waals surface area contributed by atoms with Crippen molar-refractivity contribution in [1.29, 1.82) is 0 Å². The molecular weight excluding hydrogens is 558 g/mol. The van der Waals surface area contributed by atoms with E-state index in [1.165, 1.54) is 16.7 Å². The van der Waals surface area contributed by atoms with Gasteiger partial charge >= 0.3 is 18.0 Å². The molecular formula is C39H45N3O3. The first-order valence-electron chi connectivity index (χ1n) is 15.7. The van der Waals surface area contributed by atoms with Crippen molar-refractivity contribution in [1.82, 2.24) is 15.0 Å². The van der Waals surface area contributed by atoms with Gasteiger partial charge in [0, 0.05) is 16.7 Å². The minimum atomic E-state index is 0.0746. The molecule has 45 heavy (non-hydrogen) atoms. The standard InChI is InChI=1S/C39H45N3O3/c1-10-28-13-16-34(31(22-28)19-25(4)5)43-37-40-38(44-35-17-14-29(11-2)23-32(35)20-26(6)7)42-39(41-37)45-36-18-15-30(12-3)24-33(36)21-27(8)9/h13-24H,10-12H2,1-9H3. The van der Waals surface area contributed by atoms with Crippen LogP contribution in [0.4, 0.5) is 0 Å². The van der Waals surface area contributed by atoms with Gasteiger partial charge in [-0.2, -0.15) is 0 Å². The third-order valence-corrected chi connectivity index (χ3v) is 6.96. The summed E-state index contributed by atoms with van der Waals surface area (Å²) in [6.07, 6.45) is 9.02. The highest BCUT2D eigenvalue weighted by Crippen LogP contribution is 2.33. The van der Waals surface area contributed by atoms with E-state index in [1.54, 1.807) is 0 Å². The number of allylic oxidation sites excluding steroid dienone is 3. The molecule has 0 fully saturated rings. The summed E-state index contributed by atoms with van der Waals surface area (Å²) in [7, 11) is 0. The maximum absolute atomic E-state index is 6.34. The summed E-state index contributed by atoms with van der Waals surface area (Å²) < 4.78 is 19.0. The lowest BCUT2D eigenvalue weighted by atomic mass is 10.1. The van der Waals surface area contributed by atoms with Gasteiger partial charge in [-0.05, 0) is 114 Å².